The summed E-state index contributed by atoms with van der Waals surface area (Å²) < 4.78 is 0. The molecule has 0 saturated heterocycles. The number of aryl methyl sites for hydroxylation is 1. The molecule has 0 saturated carbocycles. The van der Waals surface area contributed by atoms with Crippen LogP contribution < -0.4 is 5.56 Å². The predicted molar refractivity (Wildman–Crippen MR) is 98.8 cm³/mol. The Balaban J connectivity index is 2.14. The zero-order chi connectivity index (χ0) is 17.0. The Morgan fingerprint density at radius 2 is 1.87 bits per heavy atom. The molecule has 0 fully saturated rings. The molecule has 1 aromatic heterocycles. The smallest absolute Gasteiger partial charge is 0.254 e. The van der Waals surface area contributed by atoms with Crippen LogP contribution in [0, 0.1) is 12.8 Å². The normalized spacial score (nSPS) is 11.2. The van der Waals surface area contributed by atoms with E-state index in [2.05, 4.69) is 23.8 Å². The second-order valence-corrected chi connectivity index (χ2v) is 7.63. The number of H-pyrrole nitrogens is 1. The molecular weight excluding hydrogens is 351 g/mol. The fourth-order valence-electron chi connectivity index (χ4n) is 2.19. The molecule has 2 aromatic rings. The number of benzene rings is 1. The predicted octanol–water partition coefficient (Wildman–Crippen LogP) is 5.27. The van der Waals surface area contributed by atoms with Gasteiger partial charge in [-0.2, -0.15) is 0 Å². The van der Waals surface area contributed by atoms with Gasteiger partial charge in [0.15, 0.2) is 5.16 Å². The highest BCUT2D eigenvalue weighted by atomic mass is 35.5. The first-order chi connectivity index (χ1) is 10.9. The first kappa shape index (κ1) is 18.4. The van der Waals surface area contributed by atoms with E-state index in [-0.39, 0.29) is 5.56 Å². The summed E-state index contributed by atoms with van der Waals surface area (Å²) >= 11 is 13.8. The molecule has 23 heavy (non-hydrogen) atoms. The SMILES string of the molecule is Cc1nc(SCc2c(Cl)cccc2Cl)[nH]c(=O)c1CCC(C)C. The standard InChI is InChI=1S/C17H20Cl2N2OS/c1-10(2)7-8-12-11(3)20-17(21-16(12)22)23-9-13-14(18)5-4-6-15(13)19/h4-6,10H,7-9H2,1-3H3,(H,20,21,22). The molecule has 6 heteroatoms. The van der Waals surface area contributed by atoms with Gasteiger partial charge < -0.3 is 4.98 Å². The minimum absolute atomic E-state index is 0.0501. The van der Waals surface area contributed by atoms with Crippen molar-refractivity contribution in [2.24, 2.45) is 5.92 Å². The van der Waals surface area contributed by atoms with Gasteiger partial charge in [-0.1, -0.05) is 54.9 Å². The zero-order valence-corrected chi connectivity index (χ0v) is 15.8. The average molecular weight is 371 g/mol. The molecule has 0 aliphatic rings. The molecule has 0 radical (unpaired) electrons. The molecule has 1 heterocycles. The maximum Gasteiger partial charge on any atom is 0.254 e. The number of halogens is 2. The van der Waals surface area contributed by atoms with Crippen LogP contribution in [0.1, 0.15) is 37.1 Å². The summed E-state index contributed by atoms with van der Waals surface area (Å²) in [6.45, 7) is 6.18. The Morgan fingerprint density at radius 3 is 2.43 bits per heavy atom. The molecule has 0 atom stereocenters. The van der Waals surface area contributed by atoms with Crippen molar-refractivity contribution in [1.82, 2.24) is 9.97 Å². The van der Waals surface area contributed by atoms with Gasteiger partial charge in [0.1, 0.15) is 0 Å². The van der Waals surface area contributed by atoms with Crippen LogP contribution in [-0.4, -0.2) is 9.97 Å². The lowest BCUT2D eigenvalue weighted by molar-refractivity contribution is 0.580. The van der Waals surface area contributed by atoms with Crippen LogP contribution >= 0.6 is 35.0 Å². The third-order valence-corrected chi connectivity index (χ3v) is 5.20. The van der Waals surface area contributed by atoms with E-state index in [9.17, 15) is 4.79 Å². The fraction of sp³-hybridized carbons (Fsp3) is 0.412. The van der Waals surface area contributed by atoms with Gasteiger partial charge in [0, 0.05) is 27.1 Å². The van der Waals surface area contributed by atoms with Crippen LogP contribution in [0.25, 0.3) is 0 Å². The van der Waals surface area contributed by atoms with Gasteiger partial charge >= 0.3 is 0 Å². The minimum atomic E-state index is -0.0501. The number of rotatable bonds is 6. The number of aromatic nitrogens is 2. The summed E-state index contributed by atoms with van der Waals surface area (Å²) in [5.74, 6) is 1.12. The summed E-state index contributed by atoms with van der Waals surface area (Å²) in [5.41, 5.74) is 2.37. The van der Waals surface area contributed by atoms with E-state index in [1.54, 1.807) is 12.1 Å². The van der Waals surface area contributed by atoms with E-state index in [4.69, 9.17) is 23.2 Å². The Labute approximate surface area is 150 Å². The number of hydrogen-bond donors (Lipinski definition) is 1. The summed E-state index contributed by atoms with van der Waals surface area (Å²) in [6, 6.07) is 5.42. The van der Waals surface area contributed by atoms with Gasteiger partial charge in [0.05, 0.1) is 0 Å². The molecule has 2 rings (SSSR count). The van der Waals surface area contributed by atoms with Crippen LogP contribution in [0.2, 0.25) is 10.0 Å². The van der Waals surface area contributed by atoms with E-state index in [1.807, 2.05) is 13.0 Å². The highest BCUT2D eigenvalue weighted by Gasteiger charge is 2.11. The maximum absolute atomic E-state index is 12.3. The van der Waals surface area contributed by atoms with Crippen molar-refractivity contribution in [3.8, 4) is 0 Å². The lowest BCUT2D eigenvalue weighted by Crippen LogP contribution is -2.18. The highest BCUT2D eigenvalue weighted by molar-refractivity contribution is 7.98. The molecule has 0 spiro atoms. The largest absolute Gasteiger partial charge is 0.301 e. The summed E-state index contributed by atoms with van der Waals surface area (Å²) in [6.07, 6.45) is 1.74. The molecule has 0 amide bonds. The molecule has 1 N–H and O–H groups in total. The number of nitrogens with one attached hydrogen (secondary N) is 1. The van der Waals surface area contributed by atoms with E-state index < -0.39 is 0 Å². The first-order valence-electron chi connectivity index (χ1n) is 7.54. The fourth-order valence-corrected chi connectivity index (χ4v) is 3.84. The van der Waals surface area contributed by atoms with Crippen molar-refractivity contribution in [3.05, 3.63) is 55.4 Å². The minimum Gasteiger partial charge on any atom is -0.301 e. The average Bonchev–Trinajstić information content (AvgIpc) is 2.45. The van der Waals surface area contributed by atoms with Gasteiger partial charge in [-0.3, -0.25) is 4.79 Å². The first-order valence-corrected chi connectivity index (χ1v) is 9.28. The van der Waals surface area contributed by atoms with E-state index in [0.29, 0.717) is 26.9 Å². The maximum atomic E-state index is 12.3. The Bertz CT molecular complexity index is 724. The van der Waals surface area contributed by atoms with Crippen LogP contribution in [0.15, 0.2) is 28.2 Å². The van der Waals surface area contributed by atoms with Gasteiger partial charge in [-0.05, 0) is 43.4 Å². The van der Waals surface area contributed by atoms with E-state index in [1.165, 1.54) is 11.8 Å². The Hall–Kier alpha value is -0.970. The van der Waals surface area contributed by atoms with Crippen molar-refractivity contribution in [2.75, 3.05) is 0 Å². The van der Waals surface area contributed by atoms with Gasteiger partial charge in [-0.15, -0.1) is 0 Å². The quantitative estimate of drug-likeness (QED) is 0.556. The van der Waals surface area contributed by atoms with Crippen LogP contribution in [0.4, 0.5) is 0 Å². The van der Waals surface area contributed by atoms with Crippen LogP contribution in [0.5, 0.6) is 0 Å². The molecule has 3 nitrogen and oxygen atoms in total. The summed E-state index contributed by atoms with van der Waals surface area (Å²) in [7, 11) is 0. The lowest BCUT2D eigenvalue weighted by atomic mass is 10.0. The van der Waals surface area contributed by atoms with Crippen molar-refractivity contribution < 1.29 is 0 Å². The number of thioether (sulfide) groups is 1. The van der Waals surface area contributed by atoms with Gasteiger partial charge in [0.2, 0.25) is 0 Å². The zero-order valence-electron chi connectivity index (χ0n) is 13.5. The van der Waals surface area contributed by atoms with E-state index in [0.717, 1.165) is 29.7 Å². The van der Waals surface area contributed by atoms with Crippen molar-refractivity contribution in [1.29, 1.82) is 0 Å². The Kier molecular flexibility index (Phi) is 6.57. The third kappa shape index (κ3) is 5.00. The van der Waals surface area contributed by atoms with Gasteiger partial charge in [0.25, 0.3) is 5.56 Å². The summed E-state index contributed by atoms with van der Waals surface area (Å²) in [4.78, 5) is 19.6. The van der Waals surface area contributed by atoms with Crippen molar-refractivity contribution in [3.63, 3.8) is 0 Å². The van der Waals surface area contributed by atoms with Crippen molar-refractivity contribution in [2.45, 2.75) is 44.5 Å². The second-order valence-electron chi connectivity index (χ2n) is 5.86. The molecular formula is C17H20Cl2N2OS. The number of nitrogens with zero attached hydrogens (tertiary/aromatic N) is 1. The Morgan fingerprint density at radius 1 is 1.22 bits per heavy atom. The second kappa shape index (κ2) is 8.22. The number of hydrogen-bond acceptors (Lipinski definition) is 3. The van der Waals surface area contributed by atoms with Gasteiger partial charge in [-0.25, -0.2) is 4.98 Å². The monoisotopic (exact) mass is 370 g/mol. The van der Waals surface area contributed by atoms with Crippen LogP contribution in [0.3, 0.4) is 0 Å². The highest BCUT2D eigenvalue weighted by Crippen LogP contribution is 2.30. The molecule has 0 bridgehead atoms. The van der Waals surface area contributed by atoms with E-state index >= 15 is 0 Å². The number of aromatic amines is 1. The summed E-state index contributed by atoms with van der Waals surface area (Å²) in [5, 5.41) is 1.84. The van der Waals surface area contributed by atoms with Crippen LogP contribution in [-0.2, 0) is 12.2 Å². The third-order valence-electron chi connectivity index (χ3n) is 3.59. The molecule has 124 valence electrons. The van der Waals surface area contributed by atoms with Crippen molar-refractivity contribution >= 4 is 35.0 Å². The molecule has 0 aliphatic heterocycles. The topological polar surface area (TPSA) is 45.8 Å². The molecule has 0 aliphatic carbocycles. The lowest BCUT2D eigenvalue weighted by Gasteiger charge is -2.09. The molecule has 0 unspecified atom stereocenters. The molecule has 1 aromatic carbocycles.